The first-order valence-electron chi connectivity index (χ1n) is 5.08. The van der Waals surface area contributed by atoms with E-state index in [0.29, 0.717) is 22.5 Å². The third kappa shape index (κ3) is 3.56. The molecule has 2 rings (SSSR count). The number of nitrogens with one attached hydrogen (secondary N) is 1. The quantitative estimate of drug-likeness (QED) is 0.815. The third-order valence-corrected chi connectivity index (χ3v) is 3.95. The van der Waals surface area contributed by atoms with E-state index in [9.17, 15) is 4.79 Å². The normalized spacial score (nSPS) is 10.6. The highest BCUT2D eigenvalue weighted by Gasteiger charge is 2.07. The van der Waals surface area contributed by atoms with Crippen LogP contribution >= 0.6 is 23.1 Å². The molecule has 0 aromatic carbocycles. The van der Waals surface area contributed by atoms with Gasteiger partial charge in [-0.25, -0.2) is 9.97 Å². The molecule has 0 radical (unpaired) electrons. The monoisotopic (exact) mass is 285 g/mol. The molecule has 0 atom stereocenters. The standard InChI is InChI=1S/C10H11N3O3S2/c1-6(15)13-10-12-3-9(18-10)17-5-8-11-2-7(4-14)16-8/h2-3,14H,4-5H2,1H3,(H,12,13,15). The van der Waals surface area contributed by atoms with Gasteiger partial charge in [-0.15, -0.1) is 11.8 Å². The highest BCUT2D eigenvalue weighted by atomic mass is 32.2. The first-order valence-corrected chi connectivity index (χ1v) is 6.88. The van der Waals surface area contributed by atoms with Gasteiger partial charge < -0.3 is 14.8 Å². The molecular weight excluding hydrogens is 274 g/mol. The Kier molecular flexibility index (Phi) is 4.34. The predicted octanol–water partition coefficient (Wildman–Crippen LogP) is 1.87. The van der Waals surface area contributed by atoms with Crippen LogP contribution in [0.1, 0.15) is 18.6 Å². The minimum Gasteiger partial charge on any atom is -0.442 e. The molecule has 2 heterocycles. The summed E-state index contributed by atoms with van der Waals surface area (Å²) < 4.78 is 6.22. The Morgan fingerprint density at radius 2 is 2.39 bits per heavy atom. The number of carbonyl (C=O) groups is 1. The number of aromatic nitrogens is 2. The van der Waals surface area contributed by atoms with Crippen LogP contribution in [0.4, 0.5) is 5.13 Å². The lowest BCUT2D eigenvalue weighted by atomic mass is 10.6. The van der Waals surface area contributed by atoms with Crippen molar-refractivity contribution < 1.29 is 14.3 Å². The zero-order chi connectivity index (χ0) is 13.0. The Labute approximate surface area is 111 Å². The Morgan fingerprint density at radius 1 is 1.56 bits per heavy atom. The van der Waals surface area contributed by atoms with Gasteiger partial charge in [0, 0.05) is 6.92 Å². The summed E-state index contributed by atoms with van der Waals surface area (Å²) in [6.45, 7) is 1.29. The highest BCUT2D eigenvalue weighted by molar-refractivity contribution is 8.00. The minimum absolute atomic E-state index is 0.138. The Hall–Kier alpha value is -1.38. The molecule has 0 saturated carbocycles. The fourth-order valence-corrected chi connectivity index (χ4v) is 2.93. The molecule has 8 heteroatoms. The number of carbonyl (C=O) groups excluding carboxylic acids is 1. The van der Waals surface area contributed by atoms with Crippen molar-refractivity contribution in [3.63, 3.8) is 0 Å². The van der Waals surface area contributed by atoms with Crippen LogP contribution in [0.5, 0.6) is 0 Å². The van der Waals surface area contributed by atoms with Crippen LogP contribution in [0.2, 0.25) is 0 Å². The number of hydrogen-bond donors (Lipinski definition) is 2. The van der Waals surface area contributed by atoms with E-state index < -0.39 is 0 Å². The molecule has 0 aliphatic heterocycles. The van der Waals surface area contributed by atoms with E-state index in [1.165, 1.54) is 36.2 Å². The third-order valence-electron chi connectivity index (χ3n) is 1.86. The number of aliphatic hydroxyl groups is 1. The van der Waals surface area contributed by atoms with Crippen molar-refractivity contribution in [2.24, 2.45) is 0 Å². The van der Waals surface area contributed by atoms with Crippen LogP contribution in [0.15, 0.2) is 21.0 Å². The lowest BCUT2D eigenvalue weighted by molar-refractivity contribution is -0.114. The molecule has 2 aromatic heterocycles. The van der Waals surface area contributed by atoms with E-state index in [-0.39, 0.29) is 12.5 Å². The highest BCUT2D eigenvalue weighted by Crippen LogP contribution is 2.30. The fraction of sp³-hybridized carbons (Fsp3) is 0.300. The number of oxazole rings is 1. The van der Waals surface area contributed by atoms with Crippen molar-refractivity contribution >= 4 is 34.1 Å². The Bertz CT molecular complexity index is 538. The summed E-state index contributed by atoms with van der Waals surface area (Å²) in [5.74, 6) is 1.43. The van der Waals surface area contributed by atoms with Crippen LogP contribution in [0.25, 0.3) is 0 Å². The van der Waals surface area contributed by atoms with E-state index in [4.69, 9.17) is 9.52 Å². The molecular formula is C10H11N3O3S2. The number of hydrogen-bond acceptors (Lipinski definition) is 7. The van der Waals surface area contributed by atoms with E-state index in [0.717, 1.165) is 4.21 Å². The first kappa shape index (κ1) is 13.1. The van der Waals surface area contributed by atoms with Crippen LogP contribution in [-0.2, 0) is 17.2 Å². The van der Waals surface area contributed by atoms with Gasteiger partial charge in [0.05, 0.1) is 22.4 Å². The summed E-state index contributed by atoms with van der Waals surface area (Å²) >= 11 is 2.91. The van der Waals surface area contributed by atoms with Crippen molar-refractivity contribution in [1.82, 2.24) is 9.97 Å². The van der Waals surface area contributed by atoms with Gasteiger partial charge in [0.2, 0.25) is 11.8 Å². The molecule has 2 N–H and O–H groups in total. The maximum absolute atomic E-state index is 10.8. The van der Waals surface area contributed by atoms with Crippen LogP contribution in [-0.4, -0.2) is 21.0 Å². The molecule has 0 fully saturated rings. The van der Waals surface area contributed by atoms with Crippen molar-refractivity contribution in [2.45, 2.75) is 23.5 Å². The van der Waals surface area contributed by atoms with Gasteiger partial charge in [0.25, 0.3) is 0 Å². The maximum atomic E-state index is 10.8. The van der Waals surface area contributed by atoms with Gasteiger partial charge in [0.1, 0.15) is 12.4 Å². The second-order valence-corrected chi connectivity index (χ2v) is 5.64. The second kappa shape index (κ2) is 5.98. The minimum atomic E-state index is -0.148. The number of thioether (sulfide) groups is 1. The molecule has 1 amide bonds. The van der Waals surface area contributed by atoms with Crippen molar-refractivity contribution in [2.75, 3.05) is 5.32 Å². The molecule has 0 aliphatic rings. The molecule has 0 spiro atoms. The van der Waals surface area contributed by atoms with Gasteiger partial charge in [-0.2, -0.15) is 0 Å². The van der Waals surface area contributed by atoms with E-state index in [1.54, 1.807) is 6.20 Å². The number of thiazole rings is 1. The molecule has 18 heavy (non-hydrogen) atoms. The van der Waals surface area contributed by atoms with Gasteiger partial charge in [-0.1, -0.05) is 11.3 Å². The number of amides is 1. The number of aliphatic hydroxyl groups excluding tert-OH is 1. The van der Waals surface area contributed by atoms with Crippen molar-refractivity contribution in [3.05, 3.63) is 24.0 Å². The van der Waals surface area contributed by atoms with E-state index >= 15 is 0 Å². The largest absolute Gasteiger partial charge is 0.442 e. The van der Waals surface area contributed by atoms with Crippen molar-refractivity contribution in [3.8, 4) is 0 Å². The first-order chi connectivity index (χ1) is 8.67. The summed E-state index contributed by atoms with van der Waals surface area (Å²) in [4.78, 5) is 18.9. The summed E-state index contributed by atoms with van der Waals surface area (Å²) in [5, 5.41) is 12.0. The Balaban J connectivity index is 1.89. The molecule has 0 saturated heterocycles. The maximum Gasteiger partial charge on any atom is 0.223 e. The second-order valence-electron chi connectivity index (χ2n) is 3.33. The van der Waals surface area contributed by atoms with Gasteiger partial charge in [-0.3, -0.25) is 4.79 Å². The van der Waals surface area contributed by atoms with E-state index in [2.05, 4.69) is 15.3 Å². The number of nitrogens with zero attached hydrogens (tertiary/aromatic N) is 2. The van der Waals surface area contributed by atoms with E-state index in [1.807, 2.05) is 0 Å². The topological polar surface area (TPSA) is 88.2 Å². The van der Waals surface area contributed by atoms with Crippen LogP contribution in [0, 0.1) is 0 Å². The number of rotatable bonds is 5. The molecule has 6 nitrogen and oxygen atoms in total. The molecule has 0 bridgehead atoms. The molecule has 2 aromatic rings. The average Bonchev–Trinajstić information content (AvgIpc) is 2.94. The molecule has 0 unspecified atom stereocenters. The molecule has 0 aliphatic carbocycles. The summed E-state index contributed by atoms with van der Waals surface area (Å²) in [7, 11) is 0. The Morgan fingerprint density at radius 3 is 3.06 bits per heavy atom. The fourth-order valence-electron chi connectivity index (χ4n) is 1.16. The lowest BCUT2D eigenvalue weighted by Gasteiger charge is -1.94. The smallest absolute Gasteiger partial charge is 0.223 e. The number of anilines is 1. The zero-order valence-electron chi connectivity index (χ0n) is 9.54. The SMILES string of the molecule is CC(=O)Nc1ncc(SCc2ncc(CO)o2)s1. The van der Waals surface area contributed by atoms with Gasteiger partial charge in [0.15, 0.2) is 5.13 Å². The summed E-state index contributed by atoms with van der Waals surface area (Å²) in [5.41, 5.74) is 0. The van der Waals surface area contributed by atoms with Crippen LogP contribution in [0.3, 0.4) is 0 Å². The lowest BCUT2D eigenvalue weighted by Crippen LogP contribution is -2.04. The van der Waals surface area contributed by atoms with Crippen LogP contribution < -0.4 is 5.32 Å². The summed E-state index contributed by atoms with van der Waals surface area (Å²) in [6.07, 6.45) is 3.20. The predicted molar refractivity (Wildman–Crippen MR) is 68.4 cm³/mol. The average molecular weight is 285 g/mol. The van der Waals surface area contributed by atoms with Crippen molar-refractivity contribution in [1.29, 1.82) is 0 Å². The van der Waals surface area contributed by atoms with Gasteiger partial charge in [-0.05, 0) is 0 Å². The van der Waals surface area contributed by atoms with Gasteiger partial charge >= 0.3 is 0 Å². The summed E-state index contributed by atoms with van der Waals surface area (Å²) in [6, 6.07) is 0. The molecule has 96 valence electrons. The zero-order valence-corrected chi connectivity index (χ0v) is 11.2.